The Bertz CT molecular complexity index is 1530. The van der Waals surface area contributed by atoms with Crippen LogP contribution in [-0.4, -0.2) is 14.6 Å². The van der Waals surface area contributed by atoms with Crippen molar-refractivity contribution >= 4 is 38.5 Å². The van der Waals surface area contributed by atoms with Gasteiger partial charge in [-0.1, -0.05) is 79.9 Å². The van der Waals surface area contributed by atoms with E-state index in [1.165, 1.54) is 22.3 Å². The van der Waals surface area contributed by atoms with Crippen LogP contribution in [0.25, 0.3) is 49.6 Å². The summed E-state index contributed by atoms with van der Waals surface area (Å²) < 4.78 is 2.09. The SMILES string of the molecule is C=CC(=C)c1nnc2c3ccccc3c3cc(-c4ccccc4C(C)=CC)ccc3n12. The molecule has 0 radical (unpaired) electrons. The summed E-state index contributed by atoms with van der Waals surface area (Å²) in [5.41, 5.74) is 7.57. The van der Waals surface area contributed by atoms with E-state index in [9.17, 15) is 0 Å². The number of allylic oxidation sites excluding steroid dienone is 4. The summed E-state index contributed by atoms with van der Waals surface area (Å²) in [5.74, 6) is 0.721. The molecule has 31 heavy (non-hydrogen) atoms. The molecular formula is C28H23N3. The fourth-order valence-corrected chi connectivity index (χ4v) is 4.25. The largest absolute Gasteiger partial charge is 0.274 e. The highest BCUT2D eigenvalue weighted by Gasteiger charge is 2.16. The molecule has 0 N–H and O–H groups in total. The number of hydrogen-bond donors (Lipinski definition) is 0. The highest BCUT2D eigenvalue weighted by atomic mass is 15.2. The predicted molar refractivity (Wildman–Crippen MR) is 132 cm³/mol. The van der Waals surface area contributed by atoms with Gasteiger partial charge in [0.2, 0.25) is 0 Å². The Morgan fingerprint density at radius 1 is 0.903 bits per heavy atom. The summed E-state index contributed by atoms with van der Waals surface area (Å²) >= 11 is 0. The molecular weight excluding hydrogens is 378 g/mol. The van der Waals surface area contributed by atoms with Crippen molar-refractivity contribution < 1.29 is 0 Å². The minimum absolute atomic E-state index is 0.721. The maximum absolute atomic E-state index is 4.49. The smallest absolute Gasteiger partial charge is 0.169 e. The lowest BCUT2D eigenvalue weighted by molar-refractivity contribution is 1.08. The average Bonchev–Trinajstić information content (AvgIpc) is 3.28. The Labute approximate surface area is 181 Å². The van der Waals surface area contributed by atoms with Gasteiger partial charge in [0.15, 0.2) is 11.5 Å². The van der Waals surface area contributed by atoms with Gasteiger partial charge in [0.05, 0.1) is 5.52 Å². The van der Waals surface area contributed by atoms with Crippen LogP contribution in [0.2, 0.25) is 0 Å². The number of hydrogen-bond acceptors (Lipinski definition) is 2. The van der Waals surface area contributed by atoms with Crippen molar-refractivity contribution in [1.29, 1.82) is 0 Å². The fourth-order valence-electron chi connectivity index (χ4n) is 4.25. The van der Waals surface area contributed by atoms with E-state index in [2.05, 4.69) is 108 Å². The molecule has 0 amide bonds. The number of rotatable bonds is 4. The summed E-state index contributed by atoms with van der Waals surface area (Å²) in [5, 5.41) is 12.3. The maximum atomic E-state index is 4.49. The molecule has 3 aromatic carbocycles. The van der Waals surface area contributed by atoms with Gasteiger partial charge in [0.1, 0.15) is 0 Å². The Hall–Kier alpha value is -3.98. The van der Waals surface area contributed by atoms with Crippen LogP contribution in [0, 0.1) is 0 Å². The summed E-state index contributed by atoms with van der Waals surface area (Å²) in [6.07, 6.45) is 3.88. The minimum atomic E-state index is 0.721. The molecule has 0 saturated heterocycles. The molecule has 2 aromatic heterocycles. The Kier molecular flexibility index (Phi) is 4.52. The third kappa shape index (κ3) is 2.89. The van der Waals surface area contributed by atoms with Crippen LogP contribution in [0.1, 0.15) is 25.2 Å². The molecule has 0 aliphatic carbocycles. The van der Waals surface area contributed by atoms with Crippen molar-refractivity contribution in [2.75, 3.05) is 0 Å². The van der Waals surface area contributed by atoms with Crippen LogP contribution in [-0.2, 0) is 0 Å². The lowest BCUT2D eigenvalue weighted by Gasteiger charge is -2.14. The fraction of sp³-hybridized carbons (Fsp3) is 0.0714. The molecule has 0 fully saturated rings. The van der Waals surface area contributed by atoms with Crippen molar-refractivity contribution in [3.8, 4) is 11.1 Å². The van der Waals surface area contributed by atoms with E-state index < -0.39 is 0 Å². The molecule has 3 heteroatoms. The first-order valence-corrected chi connectivity index (χ1v) is 10.4. The molecule has 0 bridgehead atoms. The molecule has 0 aliphatic rings. The first-order chi connectivity index (χ1) is 15.1. The monoisotopic (exact) mass is 401 g/mol. The first-order valence-electron chi connectivity index (χ1n) is 10.4. The van der Waals surface area contributed by atoms with Gasteiger partial charge in [-0.2, -0.15) is 0 Å². The maximum Gasteiger partial charge on any atom is 0.169 e. The Balaban J connectivity index is 1.91. The number of benzene rings is 3. The summed E-state index contributed by atoms with van der Waals surface area (Å²) in [6, 6.07) is 23.5. The van der Waals surface area contributed by atoms with Gasteiger partial charge in [0, 0.05) is 16.3 Å². The third-order valence-electron chi connectivity index (χ3n) is 5.99. The second-order valence-corrected chi connectivity index (χ2v) is 7.71. The van der Waals surface area contributed by atoms with Crippen molar-refractivity contribution in [3.63, 3.8) is 0 Å². The molecule has 0 atom stereocenters. The van der Waals surface area contributed by atoms with Crippen LogP contribution < -0.4 is 0 Å². The van der Waals surface area contributed by atoms with Gasteiger partial charge in [-0.05, 0) is 53.6 Å². The second kappa shape index (κ2) is 7.37. The van der Waals surface area contributed by atoms with Crippen molar-refractivity contribution in [2.45, 2.75) is 13.8 Å². The highest BCUT2D eigenvalue weighted by molar-refractivity contribution is 6.13. The standard InChI is InChI=1S/C28H23N3/c1-5-18(3)21-11-7-8-12-22(21)20-15-16-26-25(17-20)23-13-9-10-14-24(23)28-30-29-27(31(26)28)19(4)6-2/h5-17H,2,4H2,1,3H3. The molecule has 0 aliphatic heterocycles. The van der Waals surface area contributed by atoms with E-state index in [-0.39, 0.29) is 0 Å². The molecule has 0 unspecified atom stereocenters. The summed E-state index contributed by atoms with van der Waals surface area (Å²) in [4.78, 5) is 0. The number of aromatic nitrogens is 3. The van der Waals surface area contributed by atoms with E-state index in [0.717, 1.165) is 38.7 Å². The topological polar surface area (TPSA) is 30.2 Å². The highest BCUT2D eigenvalue weighted by Crippen LogP contribution is 2.35. The van der Waals surface area contributed by atoms with Crippen LogP contribution in [0.15, 0.2) is 92.0 Å². The number of fused-ring (bicyclic) bond motifs is 6. The lowest BCUT2D eigenvalue weighted by atomic mass is 9.93. The molecule has 0 saturated carbocycles. The minimum Gasteiger partial charge on any atom is -0.274 e. The van der Waals surface area contributed by atoms with Gasteiger partial charge < -0.3 is 0 Å². The van der Waals surface area contributed by atoms with E-state index >= 15 is 0 Å². The predicted octanol–water partition coefficient (Wildman–Crippen LogP) is 7.33. The normalized spacial score (nSPS) is 12.0. The average molecular weight is 402 g/mol. The number of nitrogens with zero attached hydrogens (tertiary/aromatic N) is 3. The lowest BCUT2D eigenvalue weighted by Crippen LogP contribution is -1.96. The zero-order valence-corrected chi connectivity index (χ0v) is 17.8. The Morgan fingerprint density at radius 2 is 1.65 bits per heavy atom. The van der Waals surface area contributed by atoms with Crippen LogP contribution in [0.4, 0.5) is 0 Å². The van der Waals surface area contributed by atoms with Gasteiger partial charge in [-0.3, -0.25) is 4.40 Å². The summed E-state index contributed by atoms with van der Waals surface area (Å²) in [6.45, 7) is 12.2. The van der Waals surface area contributed by atoms with E-state index in [1.54, 1.807) is 6.08 Å². The zero-order valence-electron chi connectivity index (χ0n) is 17.8. The van der Waals surface area contributed by atoms with Gasteiger partial charge >= 0.3 is 0 Å². The Morgan fingerprint density at radius 3 is 2.42 bits per heavy atom. The molecule has 2 heterocycles. The van der Waals surface area contributed by atoms with Crippen LogP contribution in [0.5, 0.6) is 0 Å². The van der Waals surface area contributed by atoms with Crippen molar-refractivity contribution in [3.05, 3.63) is 103 Å². The van der Waals surface area contributed by atoms with Crippen molar-refractivity contribution in [1.82, 2.24) is 14.6 Å². The molecule has 5 rings (SSSR count). The van der Waals surface area contributed by atoms with Crippen LogP contribution >= 0.6 is 0 Å². The quantitative estimate of drug-likeness (QED) is 0.233. The molecule has 0 spiro atoms. The summed E-state index contributed by atoms with van der Waals surface area (Å²) in [7, 11) is 0. The molecule has 150 valence electrons. The van der Waals surface area contributed by atoms with Crippen LogP contribution in [0.3, 0.4) is 0 Å². The number of pyridine rings is 1. The van der Waals surface area contributed by atoms with E-state index in [1.807, 2.05) is 6.07 Å². The molecule has 5 aromatic rings. The van der Waals surface area contributed by atoms with E-state index in [0.29, 0.717) is 0 Å². The van der Waals surface area contributed by atoms with Gasteiger partial charge in [-0.15, -0.1) is 10.2 Å². The van der Waals surface area contributed by atoms with Gasteiger partial charge in [0.25, 0.3) is 0 Å². The zero-order chi connectivity index (χ0) is 21.5. The third-order valence-corrected chi connectivity index (χ3v) is 5.99. The second-order valence-electron chi connectivity index (χ2n) is 7.71. The van der Waals surface area contributed by atoms with E-state index in [4.69, 9.17) is 0 Å². The first kappa shape index (κ1) is 19.0. The van der Waals surface area contributed by atoms with Crippen molar-refractivity contribution in [2.24, 2.45) is 0 Å². The molecule has 3 nitrogen and oxygen atoms in total. The van der Waals surface area contributed by atoms with Gasteiger partial charge in [-0.25, -0.2) is 0 Å².